The van der Waals surface area contributed by atoms with E-state index in [0.717, 1.165) is 42.3 Å². The van der Waals surface area contributed by atoms with Crippen molar-refractivity contribution < 1.29 is 4.74 Å². The highest BCUT2D eigenvalue weighted by atomic mass is 35.5. The van der Waals surface area contributed by atoms with Crippen LogP contribution in [0.2, 0.25) is 0 Å². The Bertz CT molecular complexity index is 525. The Morgan fingerprint density at radius 1 is 0.842 bits per heavy atom. The third kappa shape index (κ3) is 2.41. The van der Waals surface area contributed by atoms with Crippen LogP contribution in [0.3, 0.4) is 0 Å². The van der Waals surface area contributed by atoms with Crippen molar-refractivity contribution >= 4 is 23.0 Å². The maximum atomic E-state index is 5.95. The van der Waals surface area contributed by atoms with E-state index in [1.807, 2.05) is 36.4 Å². The summed E-state index contributed by atoms with van der Waals surface area (Å²) in [7, 11) is 0. The van der Waals surface area contributed by atoms with E-state index in [0.29, 0.717) is 5.88 Å². The van der Waals surface area contributed by atoms with E-state index >= 15 is 0 Å². The molecule has 2 nitrogen and oxygen atoms in total. The first-order chi connectivity index (χ1) is 9.40. The van der Waals surface area contributed by atoms with E-state index < -0.39 is 0 Å². The molecule has 0 aromatic heterocycles. The molecule has 0 radical (unpaired) electrons. The van der Waals surface area contributed by atoms with Gasteiger partial charge in [-0.25, -0.2) is 0 Å². The van der Waals surface area contributed by atoms with Crippen molar-refractivity contribution in [1.29, 1.82) is 0 Å². The second-order valence-corrected chi connectivity index (χ2v) is 4.96. The number of rotatable bonds is 4. The van der Waals surface area contributed by atoms with Gasteiger partial charge in [0, 0.05) is 12.4 Å². The number of hydrogen-bond donors (Lipinski definition) is 0. The Kier molecular flexibility index (Phi) is 3.60. The van der Waals surface area contributed by atoms with Crippen molar-refractivity contribution in [3.63, 3.8) is 0 Å². The van der Waals surface area contributed by atoms with E-state index in [-0.39, 0.29) is 0 Å². The minimum Gasteiger partial charge on any atom is -0.453 e. The second-order valence-electron chi connectivity index (χ2n) is 4.59. The van der Waals surface area contributed by atoms with E-state index in [1.54, 1.807) is 0 Å². The lowest BCUT2D eigenvalue weighted by molar-refractivity contribution is 0.472. The van der Waals surface area contributed by atoms with Crippen molar-refractivity contribution in [2.45, 2.75) is 12.8 Å². The molecule has 0 unspecified atom stereocenters. The van der Waals surface area contributed by atoms with Gasteiger partial charge in [-0.15, -0.1) is 11.6 Å². The Balaban J connectivity index is 1.96. The van der Waals surface area contributed by atoms with Crippen LogP contribution in [-0.2, 0) is 0 Å². The number of para-hydroxylation sites is 4. The van der Waals surface area contributed by atoms with Crippen molar-refractivity contribution in [2.75, 3.05) is 17.3 Å². The molecule has 3 heteroatoms. The molecule has 1 aliphatic rings. The topological polar surface area (TPSA) is 12.5 Å². The number of ether oxygens (including phenoxy) is 1. The van der Waals surface area contributed by atoms with E-state index in [4.69, 9.17) is 16.3 Å². The Hall–Kier alpha value is -1.67. The van der Waals surface area contributed by atoms with Gasteiger partial charge in [0.15, 0.2) is 11.5 Å². The Morgan fingerprint density at radius 3 is 2.00 bits per heavy atom. The molecule has 0 spiro atoms. The van der Waals surface area contributed by atoms with Gasteiger partial charge in [-0.05, 0) is 37.1 Å². The lowest BCUT2D eigenvalue weighted by Gasteiger charge is -2.32. The van der Waals surface area contributed by atoms with Crippen molar-refractivity contribution in [3.8, 4) is 11.5 Å². The Morgan fingerprint density at radius 2 is 1.42 bits per heavy atom. The summed E-state index contributed by atoms with van der Waals surface area (Å²) in [4.78, 5) is 2.32. The van der Waals surface area contributed by atoms with Gasteiger partial charge in [-0.2, -0.15) is 0 Å². The summed E-state index contributed by atoms with van der Waals surface area (Å²) in [5.41, 5.74) is 2.27. The summed E-state index contributed by atoms with van der Waals surface area (Å²) in [6.45, 7) is 0.962. The monoisotopic (exact) mass is 273 g/mol. The summed E-state index contributed by atoms with van der Waals surface area (Å²) in [5, 5.41) is 0. The third-order valence-corrected chi connectivity index (χ3v) is 3.56. The highest BCUT2D eigenvalue weighted by Gasteiger charge is 2.22. The number of anilines is 2. The lowest BCUT2D eigenvalue weighted by atomic mass is 10.1. The minimum absolute atomic E-state index is 0.716. The molecule has 1 heterocycles. The molecule has 2 aromatic rings. The number of alkyl halides is 1. The van der Waals surface area contributed by atoms with Gasteiger partial charge in [0.2, 0.25) is 0 Å². The quantitative estimate of drug-likeness (QED) is 0.577. The summed E-state index contributed by atoms with van der Waals surface area (Å²) >= 11 is 5.78. The van der Waals surface area contributed by atoms with Crippen LogP contribution in [0.25, 0.3) is 0 Å². The number of nitrogens with zero attached hydrogens (tertiary/aromatic N) is 1. The van der Waals surface area contributed by atoms with Crippen LogP contribution in [0.4, 0.5) is 11.4 Å². The van der Waals surface area contributed by atoms with Crippen molar-refractivity contribution in [2.24, 2.45) is 0 Å². The molecule has 0 bridgehead atoms. The highest BCUT2D eigenvalue weighted by Crippen LogP contribution is 2.46. The van der Waals surface area contributed by atoms with Gasteiger partial charge in [0.1, 0.15) is 0 Å². The van der Waals surface area contributed by atoms with Crippen molar-refractivity contribution in [3.05, 3.63) is 48.5 Å². The minimum atomic E-state index is 0.716. The molecular formula is C16H16ClNO. The van der Waals surface area contributed by atoms with Gasteiger partial charge in [-0.1, -0.05) is 24.3 Å². The maximum Gasteiger partial charge on any atom is 0.151 e. The predicted molar refractivity (Wildman–Crippen MR) is 79.9 cm³/mol. The van der Waals surface area contributed by atoms with Crippen molar-refractivity contribution in [1.82, 2.24) is 0 Å². The van der Waals surface area contributed by atoms with E-state index in [9.17, 15) is 0 Å². The van der Waals surface area contributed by atoms with Crippen LogP contribution < -0.4 is 9.64 Å². The predicted octanol–water partition coefficient (Wildman–Crippen LogP) is 4.95. The number of unbranched alkanes of at least 4 members (excludes halogenated alkanes) is 1. The van der Waals surface area contributed by atoms with Crippen LogP contribution in [0.1, 0.15) is 12.8 Å². The first-order valence-electron chi connectivity index (χ1n) is 6.59. The molecule has 2 aromatic carbocycles. The molecule has 0 saturated heterocycles. The summed E-state index contributed by atoms with van der Waals surface area (Å²) in [6, 6.07) is 16.3. The SMILES string of the molecule is ClCCCCN1c2ccccc2Oc2ccccc21. The number of hydrogen-bond acceptors (Lipinski definition) is 2. The lowest BCUT2D eigenvalue weighted by Crippen LogP contribution is -2.22. The first kappa shape index (κ1) is 12.4. The fourth-order valence-corrected chi connectivity index (χ4v) is 2.58. The highest BCUT2D eigenvalue weighted by molar-refractivity contribution is 6.17. The van der Waals surface area contributed by atoms with Crippen LogP contribution in [0, 0.1) is 0 Å². The van der Waals surface area contributed by atoms with Gasteiger partial charge >= 0.3 is 0 Å². The third-order valence-electron chi connectivity index (χ3n) is 3.30. The molecule has 0 atom stereocenters. The second kappa shape index (κ2) is 5.54. The molecule has 0 aliphatic carbocycles. The molecule has 3 rings (SSSR count). The summed E-state index contributed by atoms with van der Waals surface area (Å²) in [5.74, 6) is 2.56. The van der Waals surface area contributed by atoms with Gasteiger partial charge in [0.05, 0.1) is 11.4 Å². The molecular weight excluding hydrogens is 258 g/mol. The zero-order chi connectivity index (χ0) is 13.1. The zero-order valence-electron chi connectivity index (χ0n) is 10.7. The van der Waals surface area contributed by atoms with Crippen LogP contribution in [-0.4, -0.2) is 12.4 Å². The molecule has 0 amide bonds. The largest absolute Gasteiger partial charge is 0.453 e. The van der Waals surface area contributed by atoms with Crippen LogP contribution in [0.5, 0.6) is 11.5 Å². The summed E-state index contributed by atoms with van der Waals surface area (Å²) < 4.78 is 5.95. The van der Waals surface area contributed by atoms with Crippen LogP contribution >= 0.6 is 11.6 Å². The van der Waals surface area contributed by atoms with Gasteiger partial charge in [-0.3, -0.25) is 0 Å². The molecule has 1 aliphatic heterocycles. The first-order valence-corrected chi connectivity index (χ1v) is 7.13. The standard InChI is InChI=1S/C16H16ClNO/c17-11-5-6-12-18-13-7-1-3-9-15(13)19-16-10-4-2-8-14(16)18/h1-4,7-10H,5-6,11-12H2. The smallest absolute Gasteiger partial charge is 0.151 e. The van der Waals surface area contributed by atoms with E-state index in [2.05, 4.69) is 17.0 Å². The fraction of sp³-hybridized carbons (Fsp3) is 0.250. The zero-order valence-corrected chi connectivity index (χ0v) is 11.4. The number of benzene rings is 2. The average Bonchev–Trinajstić information content (AvgIpc) is 2.46. The fourth-order valence-electron chi connectivity index (χ4n) is 2.39. The summed E-state index contributed by atoms with van der Waals surface area (Å²) in [6.07, 6.45) is 2.11. The number of halogens is 1. The average molecular weight is 274 g/mol. The molecule has 0 fully saturated rings. The molecule has 0 N–H and O–H groups in total. The van der Waals surface area contributed by atoms with Gasteiger partial charge in [0.25, 0.3) is 0 Å². The molecule has 0 saturated carbocycles. The molecule has 19 heavy (non-hydrogen) atoms. The van der Waals surface area contributed by atoms with Crippen LogP contribution in [0.15, 0.2) is 48.5 Å². The Labute approximate surface area is 118 Å². The van der Waals surface area contributed by atoms with E-state index in [1.165, 1.54) is 0 Å². The maximum absolute atomic E-state index is 5.95. The molecule has 98 valence electrons. The van der Waals surface area contributed by atoms with Gasteiger partial charge < -0.3 is 9.64 Å². The number of fused-ring (bicyclic) bond motifs is 2. The normalized spacial score (nSPS) is 12.6.